The molecule has 34 heavy (non-hydrogen) atoms. The van der Waals surface area contributed by atoms with Crippen molar-refractivity contribution in [2.75, 3.05) is 0 Å². The van der Waals surface area contributed by atoms with Crippen LogP contribution in [0.1, 0.15) is 112 Å². The summed E-state index contributed by atoms with van der Waals surface area (Å²) in [7, 11) is 0. The number of Topliss-reactive ketones (excluding diaryl/α,β-unsaturated/α-hetero) is 1. The average Bonchev–Trinajstić information content (AvgIpc) is 3.07. The Morgan fingerprint density at radius 3 is 2.32 bits per heavy atom. The molecule has 5 heteroatoms. The fourth-order valence-corrected chi connectivity index (χ4v) is 8.46. The summed E-state index contributed by atoms with van der Waals surface area (Å²) in [6.07, 6.45) is 9.57. The summed E-state index contributed by atoms with van der Waals surface area (Å²) >= 11 is 0. The predicted molar refractivity (Wildman–Crippen MR) is 133 cm³/mol. The molecule has 3 aliphatic rings. The lowest BCUT2D eigenvalue weighted by molar-refractivity contribution is -0.159. The van der Waals surface area contributed by atoms with Crippen LogP contribution in [0.15, 0.2) is 0 Å². The molecule has 194 valence electrons. The third-order valence-corrected chi connectivity index (χ3v) is 10.2. The van der Waals surface area contributed by atoms with Crippen LogP contribution in [0.4, 0.5) is 0 Å². The molecule has 3 aliphatic carbocycles. The molecule has 0 bridgehead atoms. The molecule has 3 rings (SSSR count). The van der Waals surface area contributed by atoms with Gasteiger partial charge in [0.1, 0.15) is 11.9 Å². The minimum atomic E-state index is -0.739. The Kier molecular flexibility index (Phi) is 8.56. The highest BCUT2D eigenvalue weighted by molar-refractivity contribution is 5.86. The summed E-state index contributed by atoms with van der Waals surface area (Å²) in [5.41, 5.74) is -0.346. The van der Waals surface area contributed by atoms with Crippen LogP contribution in [0, 0.1) is 46.3 Å². The number of rotatable bonds is 9. The molecule has 1 N–H and O–H groups in total. The average molecular weight is 477 g/mol. The van der Waals surface area contributed by atoms with Crippen molar-refractivity contribution in [3.8, 4) is 0 Å². The molecule has 3 fully saturated rings. The third-order valence-electron chi connectivity index (χ3n) is 10.2. The van der Waals surface area contributed by atoms with E-state index < -0.39 is 11.4 Å². The van der Waals surface area contributed by atoms with E-state index in [0.717, 1.165) is 25.2 Å². The molecule has 0 spiro atoms. The molecular formula is C29H48O5. The number of esters is 1. The van der Waals surface area contributed by atoms with Crippen molar-refractivity contribution in [2.24, 2.45) is 46.3 Å². The van der Waals surface area contributed by atoms with Crippen molar-refractivity contribution < 1.29 is 24.2 Å². The molecule has 8 atom stereocenters. The summed E-state index contributed by atoms with van der Waals surface area (Å²) < 4.78 is 5.35. The first-order valence-corrected chi connectivity index (χ1v) is 13.8. The van der Waals surface area contributed by atoms with Crippen LogP contribution in [-0.2, 0) is 19.1 Å². The van der Waals surface area contributed by atoms with Gasteiger partial charge in [0.05, 0.1) is 0 Å². The molecule has 0 aromatic heterocycles. The van der Waals surface area contributed by atoms with Crippen molar-refractivity contribution in [3.63, 3.8) is 0 Å². The monoisotopic (exact) mass is 476 g/mol. The van der Waals surface area contributed by atoms with E-state index in [1.54, 1.807) is 0 Å². The van der Waals surface area contributed by atoms with Gasteiger partial charge in [-0.25, -0.2) is 0 Å². The van der Waals surface area contributed by atoms with Gasteiger partial charge in [0.2, 0.25) is 0 Å². The second-order valence-electron chi connectivity index (χ2n) is 12.8. The Morgan fingerprint density at radius 1 is 1.03 bits per heavy atom. The molecule has 0 radical (unpaired) electrons. The fraction of sp³-hybridized carbons (Fsp3) is 0.897. The van der Waals surface area contributed by atoms with E-state index in [1.807, 2.05) is 0 Å². The maximum Gasteiger partial charge on any atom is 0.303 e. The van der Waals surface area contributed by atoms with E-state index in [-0.39, 0.29) is 47.9 Å². The Hall–Kier alpha value is -1.39. The van der Waals surface area contributed by atoms with Gasteiger partial charge < -0.3 is 9.84 Å². The molecule has 5 nitrogen and oxygen atoms in total. The molecule has 0 amide bonds. The van der Waals surface area contributed by atoms with E-state index in [4.69, 9.17) is 4.74 Å². The van der Waals surface area contributed by atoms with Crippen LogP contribution < -0.4 is 0 Å². The van der Waals surface area contributed by atoms with Crippen molar-refractivity contribution in [2.45, 2.75) is 118 Å². The van der Waals surface area contributed by atoms with Gasteiger partial charge in [0.25, 0.3) is 0 Å². The number of carbonyl (C=O) groups is 3. The zero-order valence-corrected chi connectivity index (χ0v) is 22.4. The predicted octanol–water partition coefficient (Wildman–Crippen LogP) is 6.67. The Labute approximate surface area is 206 Å². The van der Waals surface area contributed by atoms with Gasteiger partial charge in [-0.05, 0) is 79.4 Å². The van der Waals surface area contributed by atoms with Crippen LogP contribution in [0.25, 0.3) is 0 Å². The number of ketones is 1. The molecule has 1 unspecified atom stereocenters. The minimum absolute atomic E-state index is 0.0448. The second kappa shape index (κ2) is 10.7. The van der Waals surface area contributed by atoms with Crippen LogP contribution in [-0.4, -0.2) is 28.9 Å². The number of hydrogen-bond donors (Lipinski definition) is 1. The number of hydrogen-bond acceptors (Lipinski definition) is 4. The lowest BCUT2D eigenvalue weighted by atomic mass is 9.49. The molecule has 0 aromatic carbocycles. The fourth-order valence-electron chi connectivity index (χ4n) is 8.46. The van der Waals surface area contributed by atoms with Gasteiger partial charge in [0.15, 0.2) is 0 Å². The van der Waals surface area contributed by atoms with Gasteiger partial charge in [-0.2, -0.15) is 0 Å². The molecular weight excluding hydrogens is 428 g/mol. The normalized spacial score (nSPS) is 39.0. The zero-order chi connectivity index (χ0) is 25.3. The van der Waals surface area contributed by atoms with E-state index >= 15 is 0 Å². The second-order valence-corrected chi connectivity index (χ2v) is 12.8. The lowest BCUT2D eigenvalue weighted by Crippen LogP contribution is -2.52. The lowest BCUT2D eigenvalue weighted by Gasteiger charge is -2.55. The van der Waals surface area contributed by atoms with Gasteiger partial charge >= 0.3 is 11.9 Å². The van der Waals surface area contributed by atoms with E-state index in [9.17, 15) is 19.5 Å². The Balaban J connectivity index is 1.78. The van der Waals surface area contributed by atoms with Crippen molar-refractivity contribution in [3.05, 3.63) is 0 Å². The number of carboxylic acids is 1. The Morgan fingerprint density at radius 2 is 1.74 bits per heavy atom. The molecule has 0 heterocycles. The van der Waals surface area contributed by atoms with Crippen LogP contribution in [0.2, 0.25) is 0 Å². The van der Waals surface area contributed by atoms with Crippen LogP contribution in [0.5, 0.6) is 0 Å². The largest absolute Gasteiger partial charge is 0.481 e. The summed E-state index contributed by atoms with van der Waals surface area (Å²) in [4.78, 5) is 36.8. The summed E-state index contributed by atoms with van der Waals surface area (Å²) in [5, 5.41) is 9.88. The SMILES string of the molecule is CC(=O)O[C@H]1CC[C@](C)([C@H]2CC[C@]3(C)[C@@H](C(C)CCCC(C)C)CC[C@H]3[C@@H]2CC(=O)O)C(=O)C1. The first-order valence-electron chi connectivity index (χ1n) is 13.8. The highest BCUT2D eigenvalue weighted by Crippen LogP contribution is 2.65. The van der Waals surface area contributed by atoms with E-state index in [0.29, 0.717) is 30.6 Å². The molecule has 0 aromatic rings. The zero-order valence-electron chi connectivity index (χ0n) is 22.4. The highest BCUT2D eigenvalue weighted by Gasteiger charge is 2.59. The first-order chi connectivity index (χ1) is 15.9. The number of fused-ring (bicyclic) bond motifs is 1. The number of carbonyl (C=O) groups excluding carboxylic acids is 2. The number of carboxylic acid groups (broad SMARTS) is 1. The van der Waals surface area contributed by atoms with Crippen LogP contribution in [0.3, 0.4) is 0 Å². The van der Waals surface area contributed by atoms with Gasteiger partial charge in [-0.3, -0.25) is 14.4 Å². The maximum atomic E-state index is 13.4. The number of ether oxygens (including phenoxy) is 1. The van der Waals surface area contributed by atoms with Crippen molar-refractivity contribution in [1.29, 1.82) is 0 Å². The maximum absolute atomic E-state index is 13.4. The molecule has 0 saturated heterocycles. The van der Waals surface area contributed by atoms with Crippen LogP contribution >= 0.6 is 0 Å². The topological polar surface area (TPSA) is 80.7 Å². The van der Waals surface area contributed by atoms with E-state index in [1.165, 1.54) is 32.6 Å². The van der Waals surface area contributed by atoms with Gasteiger partial charge in [0, 0.05) is 25.2 Å². The Bertz CT molecular complexity index is 760. The number of aliphatic carboxylic acids is 1. The third kappa shape index (κ3) is 5.54. The smallest absolute Gasteiger partial charge is 0.303 e. The summed E-state index contributed by atoms with van der Waals surface area (Å²) in [6.45, 7) is 12.9. The minimum Gasteiger partial charge on any atom is -0.481 e. The molecule has 3 saturated carbocycles. The van der Waals surface area contributed by atoms with E-state index in [2.05, 4.69) is 34.6 Å². The summed E-state index contributed by atoms with van der Waals surface area (Å²) in [5.74, 6) is 1.64. The quantitative estimate of drug-likeness (QED) is 0.376. The van der Waals surface area contributed by atoms with Crippen molar-refractivity contribution in [1.82, 2.24) is 0 Å². The highest BCUT2D eigenvalue weighted by atomic mass is 16.5. The molecule has 0 aliphatic heterocycles. The first kappa shape index (κ1) is 27.2. The summed E-state index contributed by atoms with van der Waals surface area (Å²) in [6, 6.07) is 0. The van der Waals surface area contributed by atoms with Gasteiger partial charge in [-0.1, -0.05) is 53.9 Å². The van der Waals surface area contributed by atoms with Crippen molar-refractivity contribution >= 4 is 17.7 Å². The standard InChI is InChI=1S/C29H48O5/c1-18(2)8-7-9-19(3)23-10-11-24-22(17-27(32)33)25(13-15-28(23,24)5)29(6)14-12-21(16-26(29)31)34-20(4)30/h18-19,21-25H,7-17H2,1-6H3,(H,32,33)/t19?,21-,22-,23+,24-,25-,28+,29+/m0/s1. The van der Waals surface area contributed by atoms with Gasteiger partial charge in [-0.15, -0.1) is 0 Å².